The Morgan fingerprint density at radius 1 is 0.308 bits per heavy atom. The van der Waals surface area contributed by atoms with Crippen molar-refractivity contribution >= 4 is 17.9 Å². The summed E-state index contributed by atoms with van der Waals surface area (Å²) in [5.74, 6) is -0.848. The highest BCUT2D eigenvalue weighted by atomic mass is 16.6. The molecule has 0 radical (unpaired) electrons. The van der Waals surface area contributed by atoms with Gasteiger partial charge in [0.15, 0.2) is 6.10 Å². The summed E-state index contributed by atoms with van der Waals surface area (Å²) in [7, 11) is 0. The Labute approximate surface area is 404 Å². The van der Waals surface area contributed by atoms with E-state index in [1.807, 2.05) is 0 Å². The summed E-state index contributed by atoms with van der Waals surface area (Å²) in [6.07, 6.45) is 63.0. The van der Waals surface area contributed by atoms with Gasteiger partial charge in [-0.25, -0.2) is 0 Å². The zero-order chi connectivity index (χ0) is 47.2. The van der Waals surface area contributed by atoms with E-state index in [-0.39, 0.29) is 31.1 Å². The minimum absolute atomic E-state index is 0.0664. The maximum absolute atomic E-state index is 12.8. The number of ether oxygens (including phenoxy) is 3. The van der Waals surface area contributed by atoms with Crippen LogP contribution in [0.15, 0.2) is 24.3 Å². The number of allylic oxidation sites excluding steroid dienone is 4. The molecule has 6 heteroatoms. The second-order valence-corrected chi connectivity index (χ2v) is 19.6. The van der Waals surface area contributed by atoms with E-state index in [9.17, 15) is 14.4 Å². The molecule has 65 heavy (non-hydrogen) atoms. The van der Waals surface area contributed by atoms with E-state index in [1.165, 1.54) is 218 Å². The molecule has 0 aliphatic carbocycles. The van der Waals surface area contributed by atoms with Crippen LogP contribution in [0.4, 0.5) is 0 Å². The van der Waals surface area contributed by atoms with Crippen LogP contribution >= 0.6 is 0 Å². The molecule has 0 N–H and O–H groups in total. The van der Waals surface area contributed by atoms with E-state index < -0.39 is 6.10 Å². The molecule has 0 amide bonds. The van der Waals surface area contributed by atoms with Gasteiger partial charge in [-0.15, -0.1) is 0 Å². The normalized spacial score (nSPS) is 12.1. The van der Waals surface area contributed by atoms with Gasteiger partial charge in [0.05, 0.1) is 0 Å². The molecule has 0 saturated heterocycles. The summed E-state index contributed by atoms with van der Waals surface area (Å²) in [6.45, 7) is 6.66. The quantitative estimate of drug-likeness (QED) is 0.0262. The highest BCUT2D eigenvalue weighted by Crippen LogP contribution is 2.17. The number of rotatable bonds is 53. The lowest BCUT2D eigenvalue weighted by Gasteiger charge is -2.18. The summed E-state index contributed by atoms with van der Waals surface area (Å²) in [4.78, 5) is 38.1. The molecule has 0 saturated carbocycles. The first-order valence-corrected chi connectivity index (χ1v) is 28.9. The number of esters is 3. The zero-order valence-corrected chi connectivity index (χ0v) is 43.8. The standard InChI is InChI=1S/C59H110O6/c1-4-7-10-13-16-19-22-25-27-28-29-30-32-34-37-40-43-46-49-52-58(61)64-55-56(54-63-57(60)51-48-45-42-39-36-33-24-21-18-15-12-9-6-3)65-59(62)53-50-47-44-41-38-35-31-26-23-20-17-14-11-8-5-2/h16,19,22,25,56H,4-15,17-18,20-21,23-24,26-55H2,1-3H3/b19-16-,25-22-. The average Bonchev–Trinajstić information content (AvgIpc) is 3.30. The fourth-order valence-electron chi connectivity index (χ4n) is 8.61. The predicted octanol–water partition coefficient (Wildman–Crippen LogP) is 19.1. The van der Waals surface area contributed by atoms with Gasteiger partial charge in [0.2, 0.25) is 0 Å². The van der Waals surface area contributed by atoms with Crippen molar-refractivity contribution in [3.05, 3.63) is 24.3 Å². The third-order valence-electron chi connectivity index (χ3n) is 13.0. The molecular formula is C59H110O6. The molecule has 0 aromatic heterocycles. The van der Waals surface area contributed by atoms with Crippen LogP contribution in [0.3, 0.4) is 0 Å². The van der Waals surface area contributed by atoms with Crippen molar-refractivity contribution in [2.24, 2.45) is 0 Å². The molecule has 0 rings (SSSR count). The second kappa shape index (κ2) is 54.5. The fourth-order valence-corrected chi connectivity index (χ4v) is 8.61. The number of unbranched alkanes of at least 4 members (excludes halogenated alkanes) is 39. The van der Waals surface area contributed by atoms with Gasteiger partial charge in [0.1, 0.15) is 13.2 Å². The molecule has 1 unspecified atom stereocenters. The second-order valence-electron chi connectivity index (χ2n) is 19.6. The van der Waals surface area contributed by atoms with Gasteiger partial charge in [-0.3, -0.25) is 14.4 Å². The molecule has 0 bridgehead atoms. The first kappa shape index (κ1) is 62.9. The van der Waals surface area contributed by atoms with Crippen molar-refractivity contribution in [2.75, 3.05) is 13.2 Å². The predicted molar refractivity (Wildman–Crippen MR) is 279 cm³/mol. The molecule has 0 aromatic rings. The summed E-state index contributed by atoms with van der Waals surface area (Å²) >= 11 is 0. The van der Waals surface area contributed by atoms with Crippen molar-refractivity contribution in [3.8, 4) is 0 Å². The van der Waals surface area contributed by atoms with Crippen LogP contribution in [0.1, 0.15) is 316 Å². The van der Waals surface area contributed by atoms with E-state index in [0.717, 1.165) is 57.8 Å². The molecule has 0 fully saturated rings. The van der Waals surface area contributed by atoms with E-state index in [2.05, 4.69) is 45.1 Å². The molecule has 0 aliphatic rings. The molecule has 0 aromatic carbocycles. The molecular weight excluding hydrogens is 805 g/mol. The van der Waals surface area contributed by atoms with Gasteiger partial charge in [0.25, 0.3) is 0 Å². The lowest BCUT2D eigenvalue weighted by atomic mass is 10.0. The molecule has 6 nitrogen and oxygen atoms in total. The maximum Gasteiger partial charge on any atom is 0.306 e. The summed E-state index contributed by atoms with van der Waals surface area (Å²) in [5.41, 5.74) is 0. The summed E-state index contributed by atoms with van der Waals surface area (Å²) in [5, 5.41) is 0. The number of carbonyl (C=O) groups excluding carboxylic acids is 3. The average molecular weight is 916 g/mol. The largest absolute Gasteiger partial charge is 0.462 e. The zero-order valence-electron chi connectivity index (χ0n) is 43.8. The third kappa shape index (κ3) is 52.7. The Hall–Kier alpha value is -2.11. The van der Waals surface area contributed by atoms with Gasteiger partial charge in [-0.1, -0.05) is 276 Å². The van der Waals surface area contributed by atoms with Crippen molar-refractivity contribution < 1.29 is 28.6 Å². The maximum atomic E-state index is 12.8. The van der Waals surface area contributed by atoms with Gasteiger partial charge in [-0.05, 0) is 44.9 Å². The van der Waals surface area contributed by atoms with Crippen LogP contribution in [0.2, 0.25) is 0 Å². The number of hydrogen-bond donors (Lipinski definition) is 0. The van der Waals surface area contributed by atoms with Crippen molar-refractivity contribution in [2.45, 2.75) is 322 Å². The van der Waals surface area contributed by atoms with E-state index >= 15 is 0 Å². The first-order chi connectivity index (χ1) is 32.0. The van der Waals surface area contributed by atoms with Crippen molar-refractivity contribution in [3.63, 3.8) is 0 Å². The van der Waals surface area contributed by atoms with Crippen LogP contribution in [-0.2, 0) is 28.6 Å². The Kier molecular flexibility index (Phi) is 52.7. The SMILES string of the molecule is CCCCC/C=C\C=C/CCCCCCCCCCCCC(=O)OCC(COC(=O)CCCCCCCCCCCCCCC)OC(=O)CCCCCCCCCCCCCCCCC. The topological polar surface area (TPSA) is 78.9 Å². The van der Waals surface area contributed by atoms with Gasteiger partial charge in [-0.2, -0.15) is 0 Å². The lowest BCUT2D eigenvalue weighted by molar-refractivity contribution is -0.167. The van der Waals surface area contributed by atoms with Gasteiger partial charge in [0, 0.05) is 19.3 Å². The van der Waals surface area contributed by atoms with Crippen LogP contribution in [0, 0.1) is 0 Å². The summed E-state index contributed by atoms with van der Waals surface area (Å²) in [6, 6.07) is 0. The molecule has 0 spiro atoms. The molecule has 0 aliphatic heterocycles. The lowest BCUT2D eigenvalue weighted by Crippen LogP contribution is -2.30. The van der Waals surface area contributed by atoms with E-state index in [1.54, 1.807) is 0 Å². The van der Waals surface area contributed by atoms with Crippen LogP contribution < -0.4 is 0 Å². The van der Waals surface area contributed by atoms with E-state index in [0.29, 0.717) is 19.3 Å². The Balaban J connectivity index is 4.30. The molecule has 0 heterocycles. The highest BCUT2D eigenvalue weighted by molar-refractivity contribution is 5.71. The minimum atomic E-state index is -0.767. The summed E-state index contributed by atoms with van der Waals surface area (Å²) < 4.78 is 16.9. The monoisotopic (exact) mass is 915 g/mol. The van der Waals surface area contributed by atoms with Crippen LogP contribution in [0.25, 0.3) is 0 Å². The minimum Gasteiger partial charge on any atom is -0.462 e. The van der Waals surface area contributed by atoms with Crippen molar-refractivity contribution in [1.29, 1.82) is 0 Å². The van der Waals surface area contributed by atoms with Crippen LogP contribution in [0.5, 0.6) is 0 Å². The third-order valence-corrected chi connectivity index (χ3v) is 13.0. The smallest absolute Gasteiger partial charge is 0.306 e. The fraction of sp³-hybridized carbons (Fsp3) is 0.881. The van der Waals surface area contributed by atoms with Crippen LogP contribution in [-0.4, -0.2) is 37.2 Å². The number of carbonyl (C=O) groups is 3. The van der Waals surface area contributed by atoms with Crippen molar-refractivity contribution in [1.82, 2.24) is 0 Å². The molecule has 1 atom stereocenters. The highest BCUT2D eigenvalue weighted by Gasteiger charge is 2.19. The van der Waals surface area contributed by atoms with Gasteiger partial charge < -0.3 is 14.2 Å². The Morgan fingerprint density at radius 2 is 0.538 bits per heavy atom. The molecule has 382 valence electrons. The number of hydrogen-bond acceptors (Lipinski definition) is 6. The first-order valence-electron chi connectivity index (χ1n) is 28.9. The Morgan fingerprint density at radius 3 is 0.846 bits per heavy atom. The van der Waals surface area contributed by atoms with E-state index in [4.69, 9.17) is 14.2 Å². The Bertz CT molecular complexity index is 1050. The van der Waals surface area contributed by atoms with Gasteiger partial charge >= 0.3 is 17.9 Å².